The molecule has 11 nitrogen and oxygen atoms in total. The zero-order chi connectivity index (χ0) is 28.6. The summed E-state index contributed by atoms with van der Waals surface area (Å²) in [4.78, 5) is 36.3. The molecule has 0 atom stereocenters. The van der Waals surface area contributed by atoms with Gasteiger partial charge in [0.2, 0.25) is 17.2 Å². The van der Waals surface area contributed by atoms with Crippen molar-refractivity contribution in [3.8, 4) is 0 Å². The van der Waals surface area contributed by atoms with Gasteiger partial charge in [-0.2, -0.15) is 15.0 Å². The standard InChI is InChI=1S/C27H34ClN7O4/c1-26(2,3)38-24(36)29-15-17-7-11-19(12-8-17)31-22-33-21(28)34-23(35-22)32-20-13-9-18(10-14-20)16-30-25(37)39-27(4,5)6/h7-14H,15-16H2,1-6H3,(H,29,36)(H,30,37)(H2,31,32,33,34,35). The van der Waals surface area contributed by atoms with E-state index in [0.717, 1.165) is 22.5 Å². The number of nitrogens with one attached hydrogen (secondary N) is 4. The van der Waals surface area contributed by atoms with Gasteiger partial charge in [0.05, 0.1) is 0 Å². The molecular formula is C27H34ClN7O4. The lowest BCUT2D eigenvalue weighted by molar-refractivity contribution is 0.0512. The van der Waals surface area contributed by atoms with Gasteiger partial charge in [0.15, 0.2) is 0 Å². The molecule has 3 rings (SSSR count). The molecule has 2 aromatic carbocycles. The number of carbonyl (C=O) groups is 2. The normalized spacial score (nSPS) is 11.4. The molecule has 0 fully saturated rings. The van der Waals surface area contributed by atoms with Crippen LogP contribution in [0.25, 0.3) is 0 Å². The number of hydrogen-bond acceptors (Lipinski definition) is 9. The number of amides is 2. The number of anilines is 4. The number of benzene rings is 2. The van der Waals surface area contributed by atoms with Gasteiger partial charge in [0.25, 0.3) is 0 Å². The van der Waals surface area contributed by atoms with Crippen LogP contribution in [0.2, 0.25) is 5.28 Å². The second kappa shape index (κ2) is 12.6. The molecule has 39 heavy (non-hydrogen) atoms. The largest absolute Gasteiger partial charge is 0.444 e. The average Bonchev–Trinajstić information content (AvgIpc) is 2.81. The lowest BCUT2D eigenvalue weighted by Crippen LogP contribution is -2.32. The fraction of sp³-hybridized carbons (Fsp3) is 0.370. The molecule has 1 heterocycles. The summed E-state index contributed by atoms with van der Waals surface area (Å²) in [7, 11) is 0. The van der Waals surface area contributed by atoms with Crippen LogP contribution in [0.15, 0.2) is 48.5 Å². The van der Waals surface area contributed by atoms with Crippen molar-refractivity contribution in [2.45, 2.75) is 65.8 Å². The van der Waals surface area contributed by atoms with E-state index < -0.39 is 23.4 Å². The Morgan fingerprint density at radius 1 is 0.667 bits per heavy atom. The highest BCUT2D eigenvalue weighted by Crippen LogP contribution is 2.20. The van der Waals surface area contributed by atoms with Crippen molar-refractivity contribution in [1.82, 2.24) is 25.6 Å². The molecule has 0 aliphatic carbocycles. The van der Waals surface area contributed by atoms with E-state index in [1.807, 2.05) is 90.1 Å². The molecule has 12 heteroatoms. The van der Waals surface area contributed by atoms with Gasteiger partial charge in [-0.05, 0) is 88.5 Å². The number of aromatic nitrogens is 3. The van der Waals surface area contributed by atoms with E-state index >= 15 is 0 Å². The molecule has 0 saturated heterocycles. The molecule has 1 aromatic heterocycles. The van der Waals surface area contributed by atoms with Crippen LogP contribution in [0.5, 0.6) is 0 Å². The number of ether oxygens (including phenoxy) is 2. The first kappa shape index (κ1) is 29.4. The zero-order valence-corrected chi connectivity index (χ0v) is 23.6. The van der Waals surface area contributed by atoms with Crippen LogP contribution < -0.4 is 21.3 Å². The van der Waals surface area contributed by atoms with Gasteiger partial charge in [-0.1, -0.05) is 24.3 Å². The lowest BCUT2D eigenvalue weighted by atomic mass is 10.2. The number of rotatable bonds is 8. The highest BCUT2D eigenvalue weighted by Gasteiger charge is 2.16. The number of nitrogens with zero attached hydrogens (tertiary/aromatic N) is 3. The van der Waals surface area contributed by atoms with Crippen LogP contribution in [0, 0.1) is 0 Å². The Morgan fingerprint density at radius 3 is 1.36 bits per heavy atom. The van der Waals surface area contributed by atoms with E-state index in [4.69, 9.17) is 21.1 Å². The maximum Gasteiger partial charge on any atom is 0.407 e. The number of carbonyl (C=O) groups excluding carboxylic acids is 2. The summed E-state index contributed by atoms with van der Waals surface area (Å²) in [6.07, 6.45) is -0.951. The molecule has 208 valence electrons. The summed E-state index contributed by atoms with van der Waals surface area (Å²) >= 11 is 6.12. The van der Waals surface area contributed by atoms with Crippen molar-refractivity contribution in [2.24, 2.45) is 0 Å². The van der Waals surface area contributed by atoms with Gasteiger partial charge in [-0.15, -0.1) is 0 Å². The third-order valence-corrected chi connectivity index (χ3v) is 4.87. The van der Waals surface area contributed by atoms with Crippen LogP contribution in [-0.2, 0) is 22.6 Å². The molecule has 4 N–H and O–H groups in total. The minimum atomic E-state index is -0.554. The first-order valence-electron chi connectivity index (χ1n) is 12.3. The third kappa shape index (κ3) is 11.0. The van der Waals surface area contributed by atoms with Crippen molar-refractivity contribution in [2.75, 3.05) is 10.6 Å². The van der Waals surface area contributed by atoms with Gasteiger partial charge in [0.1, 0.15) is 11.2 Å². The first-order valence-corrected chi connectivity index (χ1v) is 12.7. The van der Waals surface area contributed by atoms with Gasteiger partial charge in [-0.25, -0.2) is 9.59 Å². The summed E-state index contributed by atoms with van der Waals surface area (Å²) in [6, 6.07) is 14.8. The minimum absolute atomic E-state index is 0.0198. The molecule has 0 aliphatic heterocycles. The van der Waals surface area contributed by atoms with E-state index in [-0.39, 0.29) is 17.2 Å². The Morgan fingerprint density at radius 2 is 1.03 bits per heavy atom. The molecule has 0 saturated carbocycles. The van der Waals surface area contributed by atoms with Gasteiger partial charge in [-0.3, -0.25) is 0 Å². The summed E-state index contributed by atoms with van der Waals surface area (Å²) in [5.41, 5.74) is 2.14. The third-order valence-electron chi connectivity index (χ3n) is 4.70. The Hall–Kier alpha value is -4.12. The van der Waals surface area contributed by atoms with Crippen molar-refractivity contribution in [3.05, 3.63) is 64.9 Å². The topological polar surface area (TPSA) is 139 Å². The Bertz CT molecular complexity index is 1180. The summed E-state index contributed by atoms with van der Waals surface area (Å²) < 4.78 is 10.5. The van der Waals surface area contributed by atoms with Crippen molar-refractivity contribution in [3.63, 3.8) is 0 Å². The van der Waals surface area contributed by atoms with E-state index in [0.29, 0.717) is 13.1 Å². The fourth-order valence-corrected chi connectivity index (χ4v) is 3.27. The zero-order valence-electron chi connectivity index (χ0n) is 22.9. The number of halogens is 1. The maximum absolute atomic E-state index is 11.8. The lowest BCUT2D eigenvalue weighted by Gasteiger charge is -2.19. The van der Waals surface area contributed by atoms with Crippen molar-refractivity contribution in [1.29, 1.82) is 0 Å². The Balaban J connectivity index is 1.55. The molecule has 0 aliphatic rings. The fourth-order valence-electron chi connectivity index (χ4n) is 3.11. The quantitative estimate of drug-likeness (QED) is 0.261. The van der Waals surface area contributed by atoms with Crippen LogP contribution in [0.4, 0.5) is 32.9 Å². The summed E-state index contributed by atoms with van der Waals surface area (Å²) in [6.45, 7) is 11.5. The van der Waals surface area contributed by atoms with Crippen LogP contribution >= 0.6 is 11.6 Å². The van der Waals surface area contributed by atoms with E-state index in [1.165, 1.54) is 0 Å². The SMILES string of the molecule is CC(C)(C)OC(=O)NCc1ccc(Nc2nc(Cl)nc(Nc3ccc(CNC(=O)OC(C)(C)C)cc3)n2)cc1. The van der Waals surface area contributed by atoms with E-state index in [1.54, 1.807) is 0 Å². The smallest absolute Gasteiger partial charge is 0.407 e. The van der Waals surface area contributed by atoms with Crippen LogP contribution in [0.1, 0.15) is 52.7 Å². The van der Waals surface area contributed by atoms with Crippen LogP contribution in [-0.4, -0.2) is 38.3 Å². The first-order chi connectivity index (χ1) is 18.2. The second-order valence-corrected chi connectivity index (χ2v) is 10.9. The van der Waals surface area contributed by atoms with Crippen molar-refractivity contribution >= 4 is 47.1 Å². The summed E-state index contributed by atoms with van der Waals surface area (Å²) in [5.74, 6) is 0.519. The molecule has 0 unspecified atom stereocenters. The molecule has 3 aromatic rings. The van der Waals surface area contributed by atoms with Crippen molar-refractivity contribution < 1.29 is 19.1 Å². The highest BCUT2D eigenvalue weighted by atomic mass is 35.5. The Labute approximate surface area is 233 Å². The highest BCUT2D eigenvalue weighted by molar-refractivity contribution is 6.28. The second-order valence-electron chi connectivity index (χ2n) is 10.6. The Kier molecular flexibility index (Phi) is 9.52. The molecular weight excluding hydrogens is 522 g/mol. The predicted molar refractivity (Wildman–Crippen MR) is 150 cm³/mol. The number of alkyl carbamates (subject to hydrolysis) is 2. The molecule has 0 bridgehead atoms. The predicted octanol–water partition coefficient (Wildman–Crippen LogP) is 6.06. The van der Waals surface area contributed by atoms with Gasteiger partial charge < -0.3 is 30.7 Å². The van der Waals surface area contributed by atoms with Crippen LogP contribution in [0.3, 0.4) is 0 Å². The van der Waals surface area contributed by atoms with Gasteiger partial charge >= 0.3 is 12.2 Å². The molecule has 0 spiro atoms. The maximum atomic E-state index is 11.8. The average molecular weight is 556 g/mol. The minimum Gasteiger partial charge on any atom is -0.444 e. The number of hydrogen-bond donors (Lipinski definition) is 4. The van der Waals surface area contributed by atoms with Gasteiger partial charge in [0, 0.05) is 24.5 Å². The molecule has 2 amide bonds. The van der Waals surface area contributed by atoms with E-state index in [9.17, 15) is 9.59 Å². The molecule has 0 radical (unpaired) electrons. The summed E-state index contributed by atoms with van der Waals surface area (Å²) in [5, 5.41) is 11.7. The monoisotopic (exact) mass is 555 g/mol. The van der Waals surface area contributed by atoms with E-state index in [2.05, 4.69) is 36.2 Å².